The molecule has 0 unspecified atom stereocenters. The number of imidazole rings is 1. The molecule has 0 radical (unpaired) electrons. The van der Waals surface area contributed by atoms with Crippen LogP contribution in [-0.2, 0) is 15.9 Å². The van der Waals surface area contributed by atoms with Crippen molar-refractivity contribution in [1.82, 2.24) is 9.97 Å². The highest BCUT2D eigenvalue weighted by Crippen LogP contribution is 2.32. The quantitative estimate of drug-likeness (QED) is 0.859. The molecule has 2 aromatic rings. The van der Waals surface area contributed by atoms with Gasteiger partial charge < -0.3 is 14.5 Å². The highest BCUT2D eigenvalue weighted by molar-refractivity contribution is 6.01. The van der Waals surface area contributed by atoms with E-state index in [1.54, 1.807) is 6.07 Å². The van der Waals surface area contributed by atoms with Crippen LogP contribution >= 0.6 is 0 Å². The maximum Gasteiger partial charge on any atom is 0.340 e. The van der Waals surface area contributed by atoms with E-state index in [1.165, 1.54) is 7.11 Å². The fourth-order valence-corrected chi connectivity index (χ4v) is 2.94. The second-order valence-corrected chi connectivity index (χ2v) is 5.50. The Balaban J connectivity index is 1.74. The van der Waals surface area contributed by atoms with E-state index in [2.05, 4.69) is 9.97 Å². The number of benzene rings is 1. The summed E-state index contributed by atoms with van der Waals surface area (Å²) in [6, 6.07) is 5.51. The van der Waals surface area contributed by atoms with Crippen LogP contribution in [0.5, 0.6) is 0 Å². The van der Waals surface area contributed by atoms with Crippen LogP contribution in [0.1, 0.15) is 35.9 Å². The number of carbonyl (C=O) groups is 1. The lowest BCUT2D eigenvalue weighted by atomic mass is 9.80. The monoisotopic (exact) mass is 288 g/mol. The zero-order valence-electron chi connectivity index (χ0n) is 12.4. The highest BCUT2D eigenvalue weighted by Gasteiger charge is 2.30. The van der Waals surface area contributed by atoms with Crippen molar-refractivity contribution in [1.29, 1.82) is 0 Å². The fraction of sp³-hybridized carbons (Fsp3) is 0.500. The van der Waals surface area contributed by atoms with Crippen LogP contribution in [0.15, 0.2) is 18.2 Å². The average Bonchev–Trinajstić information content (AvgIpc) is 2.86. The molecular formula is C16H20N2O3. The SMILES string of the molecule is CCOC1CC(Cc2nc3c(C(=O)OC)cccc3[nH]2)C1. The molecular weight excluding hydrogens is 268 g/mol. The summed E-state index contributed by atoms with van der Waals surface area (Å²) in [5.74, 6) is 1.20. The lowest BCUT2D eigenvalue weighted by molar-refractivity contribution is -0.0244. The van der Waals surface area contributed by atoms with Gasteiger partial charge in [0, 0.05) is 13.0 Å². The summed E-state index contributed by atoms with van der Waals surface area (Å²) in [7, 11) is 1.39. The molecule has 1 aromatic carbocycles. The minimum atomic E-state index is -0.348. The van der Waals surface area contributed by atoms with Gasteiger partial charge in [-0.25, -0.2) is 9.78 Å². The molecule has 21 heavy (non-hydrogen) atoms. The Kier molecular flexibility index (Phi) is 3.92. The maximum absolute atomic E-state index is 11.7. The molecule has 112 valence electrons. The van der Waals surface area contributed by atoms with Crippen molar-refractivity contribution in [2.45, 2.75) is 32.3 Å². The summed E-state index contributed by atoms with van der Waals surface area (Å²) in [6.07, 6.45) is 3.50. The Labute approximate surface area is 123 Å². The van der Waals surface area contributed by atoms with E-state index in [-0.39, 0.29) is 5.97 Å². The Morgan fingerprint density at radius 2 is 2.24 bits per heavy atom. The van der Waals surface area contributed by atoms with E-state index < -0.39 is 0 Å². The van der Waals surface area contributed by atoms with Gasteiger partial charge in [0.2, 0.25) is 0 Å². The fourth-order valence-electron chi connectivity index (χ4n) is 2.94. The standard InChI is InChI=1S/C16H20N2O3/c1-3-21-11-7-10(8-11)9-14-17-13-6-4-5-12(15(13)18-14)16(19)20-2/h4-6,10-11H,3,7-9H2,1-2H3,(H,17,18). The molecule has 1 aromatic heterocycles. The van der Waals surface area contributed by atoms with Crippen molar-refractivity contribution in [3.63, 3.8) is 0 Å². The molecule has 3 rings (SSSR count). The lowest BCUT2D eigenvalue weighted by Gasteiger charge is -2.34. The topological polar surface area (TPSA) is 64.2 Å². The number of fused-ring (bicyclic) bond motifs is 1. The Morgan fingerprint density at radius 3 is 2.95 bits per heavy atom. The predicted octanol–water partition coefficient (Wildman–Crippen LogP) is 2.71. The number of H-pyrrole nitrogens is 1. The van der Waals surface area contributed by atoms with Crippen LogP contribution in [0.3, 0.4) is 0 Å². The number of nitrogens with one attached hydrogen (secondary N) is 1. The van der Waals surface area contributed by atoms with Gasteiger partial charge in [-0.1, -0.05) is 6.07 Å². The molecule has 5 heteroatoms. The third-order valence-electron chi connectivity index (χ3n) is 4.04. The Hall–Kier alpha value is -1.88. The summed E-state index contributed by atoms with van der Waals surface area (Å²) in [4.78, 5) is 19.6. The number of aromatic nitrogens is 2. The molecule has 0 saturated heterocycles. The number of esters is 1. The van der Waals surface area contributed by atoms with Crippen molar-refractivity contribution in [2.75, 3.05) is 13.7 Å². The van der Waals surface area contributed by atoms with E-state index in [1.807, 2.05) is 19.1 Å². The molecule has 0 amide bonds. The molecule has 1 aliphatic carbocycles. The van der Waals surface area contributed by atoms with Crippen LogP contribution in [0.25, 0.3) is 11.0 Å². The van der Waals surface area contributed by atoms with Crippen molar-refractivity contribution in [2.24, 2.45) is 5.92 Å². The van der Waals surface area contributed by atoms with Crippen LogP contribution in [0, 0.1) is 5.92 Å². The van der Waals surface area contributed by atoms with Gasteiger partial charge in [-0.2, -0.15) is 0 Å². The minimum Gasteiger partial charge on any atom is -0.465 e. The summed E-state index contributed by atoms with van der Waals surface area (Å²) >= 11 is 0. The number of hydrogen-bond donors (Lipinski definition) is 1. The minimum absolute atomic E-state index is 0.348. The van der Waals surface area contributed by atoms with Gasteiger partial charge >= 0.3 is 5.97 Å². The van der Waals surface area contributed by atoms with E-state index in [9.17, 15) is 4.79 Å². The van der Waals surface area contributed by atoms with Crippen LogP contribution in [0.4, 0.5) is 0 Å². The van der Waals surface area contributed by atoms with Gasteiger partial charge in [-0.05, 0) is 37.8 Å². The van der Waals surface area contributed by atoms with Gasteiger partial charge in [0.05, 0.1) is 24.3 Å². The smallest absolute Gasteiger partial charge is 0.340 e. The zero-order chi connectivity index (χ0) is 14.8. The summed E-state index contributed by atoms with van der Waals surface area (Å²) < 4.78 is 10.4. The first-order valence-electron chi connectivity index (χ1n) is 7.38. The third kappa shape index (κ3) is 2.78. The first kappa shape index (κ1) is 14.1. The summed E-state index contributed by atoms with van der Waals surface area (Å²) in [6.45, 7) is 2.81. The maximum atomic E-state index is 11.7. The number of carbonyl (C=O) groups excluding carboxylic acids is 1. The molecule has 0 atom stereocenters. The first-order chi connectivity index (χ1) is 10.2. The largest absolute Gasteiger partial charge is 0.465 e. The third-order valence-corrected chi connectivity index (χ3v) is 4.04. The number of nitrogens with zero attached hydrogens (tertiary/aromatic N) is 1. The van der Waals surface area contributed by atoms with Crippen molar-refractivity contribution in [3.05, 3.63) is 29.6 Å². The van der Waals surface area contributed by atoms with Crippen molar-refractivity contribution in [3.8, 4) is 0 Å². The first-order valence-corrected chi connectivity index (χ1v) is 7.38. The zero-order valence-corrected chi connectivity index (χ0v) is 12.4. The molecule has 1 N–H and O–H groups in total. The van der Waals surface area contributed by atoms with Gasteiger partial charge in [0.15, 0.2) is 0 Å². The van der Waals surface area contributed by atoms with Crippen molar-refractivity contribution < 1.29 is 14.3 Å². The van der Waals surface area contributed by atoms with Gasteiger partial charge in [-0.3, -0.25) is 0 Å². The normalized spacial score (nSPS) is 21.2. The van der Waals surface area contributed by atoms with Crippen molar-refractivity contribution >= 4 is 17.0 Å². The molecule has 1 fully saturated rings. The second kappa shape index (κ2) is 5.85. The van der Waals surface area contributed by atoms with E-state index in [0.717, 1.165) is 37.2 Å². The molecule has 0 aliphatic heterocycles. The Morgan fingerprint density at radius 1 is 1.43 bits per heavy atom. The number of hydrogen-bond acceptors (Lipinski definition) is 4. The van der Waals surface area contributed by atoms with Crippen LogP contribution < -0.4 is 0 Å². The lowest BCUT2D eigenvalue weighted by Crippen LogP contribution is -2.32. The highest BCUT2D eigenvalue weighted by atomic mass is 16.5. The number of methoxy groups -OCH3 is 1. The van der Waals surface area contributed by atoms with Gasteiger partial charge in [-0.15, -0.1) is 0 Å². The number of aromatic amines is 1. The predicted molar refractivity (Wildman–Crippen MR) is 79.3 cm³/mol. The molecule has 0 spiro atoms. The van der Waals surface area contributed by atoms with E-state index in [4.69, 9.17) is 9.47 Å². The van der Waals surface area contributed by atoms with E-state index >= 15 is 0 Å². The summed E-state index contributed by atoms with van der Waals surface area (Å²) in [5.41, 5.74) is 2.09. The average molecular weight is 288 g/mol. The molecule has 1 aliphatic rings. The second-order valence-electron chi connectivity index (χ2n) is 5.50. The van der Waals surface area contributed by atoms with Crippen LogP contribution in [0.2, 0.25) is 0 Å². The van der Waals surface area contributed by atoms with Gasteiger partial charge in [0.1, 0.15) is 11.3 Å². The van der Waals surface area contributed by atoms with E-state index in [0.29, 0.717) is 23.1 Å². The number of para-hydroxylation sites is 1. The summed E-state index contributed by atoms with van der Waals surface area (Å²) in [5, 5.41) is 0. The van der Waals surface area contributed by atoms with Crippen LogP contribution in [-0.4, -0.2) is 35.8 Å². The number of rotatable bonds is 5. The molecule has 5 nitrogen and oxygen atoms in total. The molecule has 0 bridgehead atoms. The molecule has 1 saturated carbocycles. The van der Waals surface area contributed by atoms with Gasteiger partial charge in [0.25, 0.3) is 0 Å². The Bertz CT molecular complexity index is 644. The molecule has 1 heterocycles. The number of ether oxygens (including phenoxy) is 2.